The number of thiophene rings is 1. The van der Waals surface area contributed by atoms with Gasteiger partial charge in [-0.05, 0) is 50.1 Å². The lowest BCUT2D eigenvalue weighted by molar-refractivity contribution is 0.0959. The Hall–Kier alpha value is -3.57. The molecule has 1 aromatic carbocycles. The third-order valence-electron chi connectivity index (χ3n) is 5.49. The second kappa shape index (κ2) is 8.89. The van der Waals surface area contributed by atoms with Crippen molar-refractivity contribution < 1.29 is 4.79 Å². The minimum atomic E-state index is -0.200. The summed E-state index contributed by atoms with van der Waals surface area (Å²) in [5.74, 6) is -0.200. The number of aromatic nitrogens is 1. The van der Waals surface area contributed by atoms with E-state index in [1.165, 1.54) is 11.3 Å². The Morgan fingerprint density at radius 1 is 1.44 bits per heavy atom. The van der Waals surface area contributed by atoms with Gasteiger partial charge >= 0.3 is 0 Å². The van der Waals surface area contributed by atoms with Crippen LogP contribution in [0.15, 0.2) is 42.6 Å². The van der Waals surface area contributed by atoms with Crippen LogP contribution in [0.25, 0.3) is 10.2 Å². The van der Waals surface area contributed by atoms with E-state index >= 15 is 0 Å². The number of amides is 1. The second-order valence-electron chi connectivity index (χ2n) is 8.15. The van der Waals surface area contributed by atoms with Crippen molar-refractivity contribution in [1.82, 2.24) is 15.6 Å². The summed E-state index contributed by atoms with van der Waals surface area (Å²) in [6.07, 6.45) is 0.619. The van der Waals surface area contributed by atoms with Crippen molar-refractivity contribution in [2.75, 3.05) is 30.3 Å². The number of carbonyl (C=O) groups excluding carboxylic acids is 1. The van der Waals surface area contributed by atoms with E-state index in [-0.39, 0.29) is 11.9 Å². The van der Waals surface area contributed by atoms with Crippen molar-refractivity contribution in [3.63, 3.8) is 0 Å². The van der Waals surface area contributed by atoms with E-state index in [4.69, 9.17) is 5.73 Å². The molecule has 1 fully saturated rings. The van der Waals surface area contributed by atoms with Crippen LogP contribution in [0.3, 0.4) is 0 Å². The predicted molar refractivity (Wildman–Crippen MR) is 130 cm³/mol. The summed E-state index contributed by atoms with van der Waals surface area (Å²) < 4.78 is 0. The van der Waals surface area contributed by atoms with Crippen molar-refractivity contribution in [2.24, 2.45) is 0 Å². The molecule has 2 aromatic heterocycles. The number of aryl methyl sites for hydroxylation is 1. The van der Waals surface area contributed by atoms with E-state index in [0.717, 1.165) is 39.4 Å². The SMILES string of the molecule is C=C1CN(c2ccc(CCNC(=O)c3sc4nc(C)ccc4c3N)cc2C#N)CC(C)N1. The minimum Gasteiger partial charge on any atom is -0.397 e. The number of hydrogen-bond acceptors (Lipinski definition) is 7. The summed E-state index contributed by atoms with van der Waals surface area (Å²) >= 11 is 1.31. The van der Waals surface area contributed by atoms with Gasteiger partial charge in [0.2, 0.25) is 0 Å². The molecule has 4 N–H and O–H groups in total. The maximum Gasteiger partial charge on any atom is 0.263 e. The number of benzene rings is 1. The highest BCUT2D eigenvalue weighted by molar-refractivity contribution is 7.21. The largest absolute Gasteiger partial charge is 0.397 e. The van der Waals surface area contributed by atoms with Crippen LogP contribution >= 0.6 is 11.3 Å². The number of rotatable bonds is 5. The Bertz CT molecular complexity index is 1240. The van der Waals surface area contributed by atoms with Crippen LogP contribution < -0.4 is 21.3 Å². The lowest BCUT2D eigenvalue weighted by atomic mass is 10.0. The number of carbonyl (C=O) groups is 1. The Balaban J connectivity index is 1.42. The molecule has 0 spiro atoms. The van der Waals surface area contributed by atoms with Crippen LogP contribution in [0.4, 0.5) is 11.4 Å². The Morgan fingerprint density at radius 2 is 2.25 bits per heavy atom. The van der Waals surface area contributed by atoms with Crippen LogP contribution in [0.1, 0.15) is 33.4 Å². The highest BCUT2D eigenvalue weighted by Gasteiger charge is 2.21. The van der Waals surface area contributed by atoms with Crippen LogP contribution in [0.5, 0.6) is 0 Å². The van der Waals surface area contributed by atoms with Gasteiger partial charge in [-0.2, -0.15) is 5.26 Å². The van der Waals surface area contributed by atoms with Gasteiger partial charge < -0.3 is 21.3 Å². The average molecular weight is 447 g/mol. The normalized spacial score (nSPS) is 16.0. The average Bonchev–Trinajstić information content (AvgIpc) is 3.08. The molecule has 1 aliphatic heterocycles. The number of pyridine rings is 1. The van der Waals surface area contributed by atoms with Crippen LogP contribution in [-0.4, -0.2) is 36.6 Å². The second-order valence-corrected chi connectivity index (χ2v) is 9.15. The molecular weight excluding hydrogens is 420 g/mol. The zero-order chi connectivity index (χ0) is 22.8. The molecular formula is C24H26N6OS. The summed E-state index contributed by atoms with van der Waals surface area (Å²) in [5.41, 5.74) is 11.0. The van der Waals surface area contributed by atoms with Crippen molar-refractivity contribution >= 4 is 38.8 Å². The van der Waals surface area contributed by atoms with Gasteiger partial charge in [-0.15, -0.1) is 11.3 Å². The van der Waals surface area contributed by atoms with E-state index < -0.39 is 0 Å². The molecule has 7 nitrogen and oxygen atoms in total. The van der Waals surface area contributed by atoms with E-state index in [2.05, 4.69) is 40.1 Å². The molecule has 0 radical (unpaired) electrons. The van der Waals surface area contributed by atoms with E-state index in [1.54, 1.807) is 0 Å². The summed E-state index contributed by atoms with van der Waals surface area (Å²) in [6, 6.07) is 12.3. The first-order valence-corrected chi connectivity index (χ1v) is 11.3. The summed E-state index contributed by atoms with van der Waals surface area (Å²) in [6.45, 7) is 9.98. The molecule has 3 heterocycles. The lowest BCUT2D eigenvalue weighted by Gasteiger charge is -2.36. The van der Waals surface area contributed by atoms with Crippen molar-refractivity contribution in [3.05, 3.63) is 64.3 Å². The number of piperazine rings is 1. The van der Waals surface area contributed by atoms with Gasteiger partial charge in [-0.3, -0.25) is 4.79 Å². The molecule has 0 saturated carbocycles. The third kappa shape index (κ3) is 4.39. The first-order chi connectivity index (χ1) is 15.4. The number of nitrogen functional groups attached to an aromatic ring is 1. The zero-order valence-electron chi connectivity index (χ0n) is 18.2. The number of hydrogen-bond donors (Lipinski definition) is 3. The number of nitrogens with one attached hydrogen (secondary N) is 2. The van der Waals surface area contributed by atoms with Gasteiger partial charge in [0.15, 0.2) is 0 Å². The van der Waals surface area contributed by atoms with Gasteiger partial charge in [-0.25, -0.2) is 4.98 Å². The molecule has 3 aromatic rings. The molecule has 32 heavy (non-hydrogen) atoms. The highest BCUT2D eigenvalue weighted by Crippen LogP contribution is 2.32. The molecule has 1 unspecified atom stereocenters. The van der Waals surface area contributed by atoms with E-state index in [0.29, 0.717) is 35.6 Å². The van der Waals surface area contributed by atoms with Crippen LogP contribution in [0, 0.1) is 18.3 Å². The van der Waals surface area contributed by atoms with E-state index in [9.17, 15) is 10.1 Å². The van der Waals surface area contributed by atoms with Gasteiger partial charge in [0, 0.05) is 35.9 Å². The first kappa shape index (κ1) is 21.7. The number of nitrogens with two attached hydrogens (primary N) is 1. The number of fused-ring (bicyclic) bond motifs is 1. The third-order valence-corrected chi connectivity index (χ3v) is 6.60. The Morgan fingerprint density at radius 3 is 3.00 bits per heavy atom. The summed E-state index contributed by atoms with van der Waals surface area (Å²) in [7, 11) is 0. The van der Waals surface area contributed by atoms with Crippen LogP contribution in [0.2, 0.25) is 0 Å². The molecule has 8 heteroatoms. The Labute approximate surface area is 191 Å². The summed E-state index contributed by atoms with van der Waals surface area (Å²) in [5, 5.41) is 16.8. The standard InChI is InChI=1S/C24H26N6OS/c1-14-4-6-19-21(26)22(32-24(19)29-14)23(31)27-9-8-17-5-7-20(18(10-17)11-25)30-12-15(2)28-16(3)13-30/h4-7,10,16,28H,2,8-9,12-13,26H2,1,3H3,(H,27,31). The molecule has 1 atom stereocenters. The van der Waals surface area contributed by atoms with E-state index in [1.807, 2.05) is 37.3 Å². The number of nitriles is 1. The molecule has 4 rings (SSSR count). The quantitative estimate of drug-likeness (QED) is 0.555. The molecule has 1 amide bonds. The molecule has 1 aliphatic rings. The lowest BCUT2D eigenvalue weighted by Crippen LogP contribution is -2.47. The van der Waals surface area contributed by atoms with Crippen LogP contribution in [-0.2, 0) is 6.42 Å². The minimum absolute atomic E-state index is 0.200. The summed E-state index contributed by atoms with van der Waals surface area (Å²) in [4.78, 5) is 20.6. The maximum atomic E-state index is 12.7. The van der Waals surface area contributed by atoms with Crippen molar-refractivity contribution in [3.8, 4) is 6.07 Å². The van der Waals surface area contributed by atoms with Crippen molar-refractivity contribution in [1.29, 1.82) is 5.26 Å². The fraction of sp³-hybridized carbons (Fsp3) is 0.292. The number of anilines is 2. The predicted octanol–water partition coefficient (Wildman–Crippen LogP) is 3.34. The monoisotopic (exact) mass is 446 g/mol. The fourth-order valence-electron chi connectivity index (χ4n) is 4.01. The van der Waals surface area contributed by atoms with Gasteiger partial charge in [0.25, 0.3) is 5.91 Å². The highest BCUT2D eigenvalue weighted by atomic mass is 32.1. The first-order valence-electron chi connectivity index (χ1n) is 10.5. The smallest absolute Gasteiger partial charge is 0.263 e. The zero-order valence-corrected chi connectivity index (χ0v) is 19.1. The number of nitrogens with zero attached hydrogens (tertiary/aromatic N) is 3. The maximum absolute atomic E-state index is 12.7. The molecule has 0 bridgehead atoms. The topological polar surface area (TPSA) is 107 Å². The molecule has 164 valence electrons. The molecule has 0 aliphatic carbocycles. The van der Waals surface area contributed by atoms with Gasteiger partial charge in [-0.1, -0.05) is 12.6 Å². The van der Waals surface area contributed by atoms with Crippen molar-refractivity contribution in [2.45, 2.75) is 26.3 Å². The van der Waals surface area contributed by atoms with Gasteiger partial charge in [0.1, 0.15) is 15.8 Å². The fourth-order valence-corrected chi connectivity index (χ4v) is 5.07. The Kier molecular flexibility index (Phi) is 6.01. The molecule has 1 saturated heterocycles. The van der Waals surface area contributed by atoms with Gasteiger partial charge in [0.05, 0.1) is 23.5 Å².